The molecule has 1 saturated heterocycles. The highest BCUT2D eigenvalue weighted by molar-refractivity contribution is 7.97. The SMILES string of the molecule is NSCCN1CCC(CO)CC1. The molecule has 3 N–H and O–H groups in total. The molecule has 1 rings (SSSR count). The molecule has 0 atom stereocenters. The topological polar surface area (TPSA) is 49.5 Å². The number of nitrogens with two attached hydrogens (primary N) is 1. The highest BCUT2D eigenvalue weighted by atomic mass is 32.2. The maximum Gasteiger partial charge on any atom is 0.0460 e. The first kappa shape index (κ1) is 10.3. The molecule has 1 heterocycles. The summed E-state index contributed by atoms with van der Waals surface area (Å²) in [6.07, 6.45) is 2.29. The van der Waals surface area contributed by atoms with E-state index in [-0.39, 0.29) is 0 Å². The van der Waals surface area contributed by atoms with Gasteiger partial charge in [-0.1, -0.05) is 11.9 Å². The largest absolute Gasteiger partial charge is 0.396 e. The maximum atomic E-state index is 8.91. The lowest BCUT2D eigenvalue weighted by Crippen LogP contribution is -2.36. The Morgan fingerprint density at radius 3 is 2.58 bits per heavy atom. The van der Waals surface area contributed by atoms with Crippen LogP contribution in [0.5, 0.6) is 0 Å². The van der Waals surface area contributed by atoms with Gasteiger partial charge in [-0.2, -0.15) is 0 Å². The first-order valence-corrected chi connectivity index (χ1v) is 5.56. The molecule has 0 aromatic heterocycles. The third kappa shape index (κ3) is 3.31. The van der Waals surface area contributed by atoms with Crippen LogP contribution >= 0.6 is 11.9 Å². The molecular weight excluding hydrogens is 172 g/mol. The van der Waals surface area contributed by atoms with Crippen LogP contribution < -0.4 is 5.14 Å². The number of aliphatic hydroxyl groups is 1. The van der Waals surface area contributed by atoms with Gasteiger partial charge in [-0.3, -0.25) is 5.14 Å². The Balaban J connectivity index is 2.09. The van der Waals surface area contributed by atoms with E-state index in [0.717, 1.165) is 38.2 Å². The Labute approximate surface area is 78.4 Å². The minimum atomic E-state index is 0.361. The monoisotopic (exact) mass is 190 g/mol. The predicted octanol–water partition coefficient (Wildman–Crippen LogP) is 0.298. The van der Waals surface area contributed by atoms with Gasteiger partial charge in [0.15, 0.2) is 0 Å². The minimum Gasteiger partial charge on any atom is -0.396 e. The second kappa shape index (κ2) is 5.80. The number of likely N-dealkylation sites (tertiary alicyclic amines) is 1. The van der Waals surface area contributed by atoms with Crippen LogP contribution in [0.25, 0.3) is 0 Å². The van der Waals surface area contributed by atoms with Gasteiger partial charge in [0.1, 0.15) is 0 Å². The van der Waals surface area contributed by atoms with E-state index in [9.17, 15) is 0 Å². The summed E-state index contributed by atoms with van der Waals surface area (Å²) in [6, 6.07) is 0. The number of hydrogen-bond donors (Lipinski definition) is 2. The Hall–Kier alpha value is 0.230. The highest BCUT2D eigenvalue weighted by Crippen LogP contribution is 2.15. The van der Waals surface area contributed by atoms with Crippen LogP contribution in [0.4, 0.5) is 0 Å². The van der Waals surface area contributed by atoms with Gasteiger partial charge < -0.3 is 10.0 Å². The molecule has 0 amide bonds. The van der Waals surface area contributed by atoms with Crippen molar-refractivity contribution in [3.8, 4) is 0 Å². The van der Waals surface area contributed by atoms with Crippen molar-refractivity contribution in [2.45, 2.75) is 12.8 Å². The van der Waals surface area contributed by atoms with Crippen molar-refractivity contribution < 1.29 is 5.11 Å². The zero-order valence-electron chi connectivity index (χ0n) is 7.41. The average Bonchev–Trinajstić information content (AvgIpc) is 2.15. The van der Waals surface area contributed by atoms with Crippen LogP contribution in [0.2, 0.25) is 0 Å². The van der Waals surface area contributed by atoms with Crippen LogP contribution in [0.3, 0.4) is 0 Å². The maximum absolute atomic E-state index is 8.91. The molecule has 0 aromatic carbocycles. The standard InChI is InChI=1S/C8H18N2OS/c9-12-6-5-10-3-1-8(7-11)2-4-10/h8,11H,1-7,9H2. The van der Waals surface area contributed by atoms with Crippen LogP contribution in [0.1, 0.15) is 12.8 Å². The van der Waals surface area contributed by atoms with Gasteiger partial charge in [-0.15, -0.1) is 0 Å². The lowest BCUT2D eigenvalue weighted by molar-refractivity contribution is 0.136. The fraction of sp³-hybridized carbons (Fsp3) is 1.00. The molecule has 1 aliphatic rings. The Bertz CT molecular complexity index is 116. The molecule has 0 spiro atoms. The molecule has 4 heteroatoms. The molecule has 0 radical (unpaired) electrons. The van der Waals surface area contributed by atoms with Crippen molar-refractivity contribution >= 4 is 11.9 Å². The molecule has 12 heavy (non-hydrogen) atoms. The van der Waals surface area contributed by atoms with Crippen molar-refractivity contribution in [1.82, 2.24) is 4.90 Å². The third-order valence-corrected chi connectivity index (χ3v) is 2.91. The zero-order valence-corrected chi connectivity index (χ0v) is 8.22. The molecule has 0 bridgehead atoms. The summed E-state index contributed by atoms with van der Waals surface area (Å²) in [7, 11) is 0. The first-order chi connectivity index (χ1) is 5.86. The molecule has 0 aromatic rings. The van der Waals surface area contributed by atoms with Gasteiger partial charge in [-0.25, -0.2) is 0 Å². The van der Waals surface area contributed by atoms with Crippen molar-refractivity contribution in [3.05, 3.63) is 0 Å². The van der Waals surface area contributed by atoms with Gasteiger partial charge in [0, 0.05) is 18.9 Å². The van der Waals surface area contributed by atoms with Crippen LogP contribution in [0, 0.1) is 5.92 Å². The molecule has 0 saturated carbocycles. The van der Waals surface area contributed by atoms with Crippen molar-refractivity contribution in [2.24, 2.45) is 11.1 Å². The minimum absolute atomic E-state index is 0.361. The average molecular weight is 190 g/mol. The van der Waals surface area contributed by atoms with E-state index in [1.165, 1.54) is 11.9 Å². The second-order valence-electron chi connectivity index (χ2n) is 3.34. The Morgan fingerprint density at radius 1 is 1.42 bits per heavy atom. The van der Waals surface area contributed by atoms with Crippen LogP contribution in [0.15, 0.2) is 0 Å². The van der Waals surface area contributed by atoms with E-state index in [2.05, 4.69) is 4.90 Å². The Morgan fingerprint density at radius 2 is 2.08 bits per heavy atom. The summed E-state index contributed by atoms with van der Waals surface area (Å²) < 4.78 is 0. The summed E-state index contributed by atoms with van der Waals surface area (Å²) in [5.74, 6) is 1.57. The first-order valence-electron chi connectivity index (χ1n) is 4.51. The van der Waals surface area contributed by atoms with Gasteiger partial charge in [0.25, 0.3) is 0 Å². The molecule has 3 nitrogen and oxygen atoms in total. The van der Waals surface area contributed by atoms with E-state index < -0.39 is 0 Å². The van der Waals surface area contributed by atoms with E-state index in [0.29, 0.717) is 12.5 Å². The quantitative estimate of drug-likeness (QED) is 0.626. The number of rotatable bonds is 4. The molecule has 0 aliphatic carbocycles. The lowest BCUT2D eigenvalue weighted by atomic mass is 9.98. The van der Waals surface area contributed by atoms with Gasteiger partial charge in [-0.05, 0) is 31.8 Å². The molecule has 72 valence electrons. The van der Waals surface area contributed by atoms with Crippen LogP contribution in [-0.2, 0) is 0 Å². The summed E-state index contributed by atoms with van der Waals surface area (Å²) in [4.78, 5) is 2.42. The van der Waals surface area contributed by atoms with Crippen molar-refractivity contribution in [3.63, 3.8) is 0 Å². The molecule has 0 unspecified atom stereocenters. The normalized spacial score (nSPS) is 21.5. The van der Waals surface area contributed by atoms with Gasteiger partial charge in [0.2, 0.25) is 0 Å². The van der Waals surface area contributed by atoms with E-state index >= 15 is 0 Å². The number of piperidine rings is 1. The zero-order chi connectivity index (χ0) is 8.81. The summed E-state index contributed by atoms with van der Waals surface area (Å²) >= 11 is 1.41. The van der Waals surface area contributed by atoms with Crippen molar-refractivity contribution in [2.75, 3.05) is 32.0 Å². The Kier molecular flexibility index (Phi) is 4.99. The van der Waals surface area contributed by atoms with E-state index in [1.807, 2.05) is 0 Å². The van der Waals surface area contributed by atoms with Gasteiger partial charge in [0.05, 0.1) is 0 Å². The number of nitrogens with zero attached hydrogens (tertiary/aromatic N) is 1. The number of hydrogen-bond acceptors (Lipinski definition) is 4. The number of aliphatic hydroxyl groups excluding tert-OH is 1. The van der Waals surface area contributed by atoms with E-state index in [1.54, 1.807) is 0 Å². The predicted molar refractivity (Wildman–Crippen MR) is 52.9 cm³/mol. The summed E-state index contributed by atoms with van der Waals surface area (Å²) in [5, 5.41) is 14.3. The lowest BCUT2D eigenvalue weighted by Gasteiger charge is -2.30. The van der Waals surface area contributed by atoms with Gasteiger partial charge >= 0.3 is 0 Å². The summed E-state index contributed by atoms with van der Waals surface area (Å²) in [5.41, 5.74) is 0. The fourth-order valence-corrected chi connectivity index (χ4v) is 1.94. The van der Waals surface area contributed by atoms with Crippen LogP contribution in [-0.4, -0.2) is 42.0 Å². The molecule has 1 fully saturated rings. The highest BCUT2D eigenvalue weighted by Gasteiger charge is 2.17. The second-order valence-corrected chi connectivity index (χ2v) is 4.08. The van der Waals surface area contributed by atoms with Crippen molar-refractivity contribution in [1.29, 1.82) is 0 Å². The molecule has 1 aliphatic heterocycles. The third-order valence-electron chi connectivity index (χ3n) is 2.49. The smallest absolute Gasteiger partial charge is 0.0460 e. The summed E-state index contributed by atoms with van der Waals surface area (Å²) in [6.45, 7) is 3.72. The molecular formula is C8H18N2OS. The fourth-order valence-electron chi connectivity index (χ4n) is 1.57. The van der Waals surface area contributed by atoms with E-state index in [4.69, 9.17) is 10.2 Å².